The minimum absolute atomic E-state index is 0.332. The van der Waals surface area contributed by atoms with E-state index in [0.29, 0.717) is 30.7 Å². The number of carboxylic acids is 1. The fourth-order valence-electron chi connectivity index (χ4n) is 2.24. The van der Waals surface area contributed by atoms with Gasteiger partial charge in [-0.15, -0.1) is 0 Å². The number of aliphatic carboxylic acids is 1. The Labute approximate surface area is 146 Å². The molecule has 0 bridgehead atoms. The van der Waals surface area contributed by atoms with Crippen molar-refractivity contribution < 1.29 is 19.5 Å². The molecule has 1 aromatic carbocycles. The number of benzene rings is 1. The molecule has 0 aliphatic heterocycles. The smallest absolute Gasteiger partial charge is 0.323 e. The fourth-order valence-corrected chi connectivity index (χ4v) is 2.72. The van der Waals surface area contributed by atoms with Crippen molar-refractivity contribution >= 4 is 29.5 Å². The number of rotatable bonds is 10. The number of hydrogen-bond donors (Lipinski definition) is 2. The van der Waals surface area contributed by atoms with E-state index in [4.69, 9.17) is 5.11 Å². The van der Waals surface area contributed by atoms with Crippen LogP contribution < -0.4 is 5.32 Å². The summed E-state index contributed by atoms with van der Waals surface area (Å²) in [6.07, 6.45) is 3.03. The van der Waals surface area contributed by atoms with Gasteiger partial charge in [-0.05, 0) is 37.0 Å². The number of amides is 2. The Morgan fingerprint density at radius 3 is 2.46 bits per heavy atom. The van der Waals surface area contributed by atoms with E-state index in [1.165, 1.54) is 4.90 Å². The maximum atomic E-state index is 12.7. The third kappa shape index (κ3) is 6.62. The van der Waals surface area contributed by atoms with Gasteiger partial charge < -0.3 is 15.3 Å². The standard InChI is InChI=1S/C17H24N2O4S/c1-3-10-19(12-15(20)21)17(23)14(9-11-24-2)18-16(22)13-7-5-4-6-8-13/h4-8,14H,3,9-12H2,1-2H3,(H,18,22)(H,20,21). The lowest BCUT2D eigenvalue weighted by atomic mass is 10.1. The maximum absolute atomic E-state index is 12.7. The van der Waals surface area contributed by atoms with E-state index in [1.54, 1.807) is 36.0 Å². The van der Waals surface area contributed by atoms with E-state index in [-0.39, 0.29) is 18.4 Å². The molecule has 7 heteroatoms. The van der Waals surface area contributed by atoms with E-state index in [2.05, 4.69) is 5.32 Å². The van der Waals surface area contributed by atoms with Gasteiger partial charge in [0.1, 0.15) is 12.6 Å². The van der Waals surface area contributed by atoms with Crippen molar-refractivity contribution in [3.8, 4) is 0 Å². The summed E-state index contributed by atoms with van der Waals surface area (Å²) < 4.78 is 0. The predicted octanol–water partition coefficient (Wildman–Crippen LogP) is 1.86. The molecular formula is C17H24N2O4S. The van der Waals surface area contributed by atoms with E-state index >= 15 is 0 Å². The molecule has 0 saturated carbocycles. The lowest BCUT2D eigenvalue weighted by Gasteiger charge is -2.26. The van der Waals surface area contributed by atoms with E-state index in [0.717, 1.165) is 0 Å². The third-order valence-corrected chi connectivity index (χ3v) is 4.03. The van der Waals surface area contributed by atoms with E-state index in [1.807, 2.05) is 19.2 Å². The first-order chi connectivity index (χ1) is 11.5. The highest BCUT2D eigenvalue weighted by molar-refractivity contribution is 7.98. The minimum Gasteiger partial charge on any atom is -0.480 e. The summed E-state index contributed by atoms with van der Waals surface area (Å²) in [4.78, 5) is 37.3. The van der Waals surface area contributed by atoms with Gasteiger partial charge in [0, 0.05) is 12.1 Å². The van der Waals surface area contributed by atoms with E-state index < -0.39 is 12.0 Å². The van der Waals surface area contributed by atoms with Gasteiger partial charge in [0.2, 0.25) is 5.91 Å². The number of nitrogens with zero attached hydrogens (tertiary/aromatic N) is 1. The van der Waals surface area contributed by atoms with Crippen LogP contribution in [0.4, 0.5) is 0 Å². The molecule has 1 unspecified atom stereocenters. The molecule has 0 radical (unpaired) electrons. The van der Waals surface area contributed by atoms with Gasteiger partial charge in [-0.25, -0.2) is 0 Å². The first kappa shape index (κ1) is 20.0. The Morgan fingerprint density at radius 2 is 1.92 bits per heavy atom. The van der Waals surface area contributed by atoms with Gasteiger partial charge >= 0.3 is 5.97 Å². The second-order valence-corrected chi connectivity index (χ2v) is 6.31. The van der Waals surface area contributed by atoms with E-state index in [9.17, 15) is 14.4 Å². The predicted molar refractivity (Wildman–Crippen MR) is 95.2 cm³/mol. The number of carboxylic acid groups (broad SMARTS) is 1. The first-order valence-electron chi connectivity index (χ1n) is 7.85. The zero-order valence-corrected chi connectivity index (χ0v) is 14.8. The Hall–Kier alpha value is -2.02. The van der Waals surface area contributed by atoms with Crippen LogP contribution in [0.2, 0.25) is 0 Å². The Morgan fingerprint density at radius 1 is 1.25 bits per heavy atom. The first-order valence-corrected chi connectivity index (χ1v) is 9.24. The van der Waals surface area contributed by atoms with Gasteiger partial charge in [0.25, 0.3) is 5.91 Å². The lowest BCUT2D eigenvalue weighted by molar-refractivity contribution is -0.145. The van der Waals surface area contributed by atoms with Crippen LogP contribution in [0.5, 0.6) is 0 Å². The molecule has 6 nitrogen and oxygen atoms in total. The second kappa shape index (κ2) is 10.7. The number of thioether (sulfide) groups is 1. The zero-order chi connectivity index (χ0) is 17.9. The summed E-state index contributed by atoms with van der Waals surface area (Å²) in [6, 6.07) is 7.93. The number of carbonyl (C=O) groups excluding carboxylic acids is 2. The molecular weight excluding hydrogens is 328 g/mol. The molecule has 24 heavy (non-hydrogen) atoms. The number of hydrogen-bond acceptors (Lipinski definition) is 4. The average molecular weight is 352 g/mol. The Kier molecular flexibility index (Phi) is 8.93. The van der Waals surface area contributed by atoms with Crippen molar-refractivity contribution in [2.24, 2.45) is 0 Å². The summed E-state index contributed by atoms with van der Waals surface area (Å²) in [7, 11) is 0. The number of carbonyl (C=O) groups is 3. The van der Waals surface area contributed by atoms with Crippen molar-refractivity contribution in [2.75, 3.05) is 25.1 Å². The van der Waals surface area contributed by atoms with Crippen LogP contribution in [-0.4, -0.2) is 58.9 Å². The molecule has 1 aromatic rings. The number of nitrogens with one attached hydrogen (secondary N) is 1. The molecule has 2 N–H and O–H groups in total. The third-order valence-electron chi connectivity index (χ3n) is 3.38. The van der Waals surface area contributed by atoms with Crippen LogP contribution in [0, 0.1) is 0 Å². The summed E-state index contributed by atoms with van der Waals surface area (Å²) in [5, 5.41) is 11.7. The highest BCUT2D eigenvalue weighted by Gasteiger charge is 2.26. The van der Waals surface area contributed by atoms with Crippen LogP contribution in [0.15, 0.2) is 30.3 Å². The molecule has 0 spiro atoms. The molecule has 132 valence electrons. The molecule has 2 amide bonds. The van der Waals surface area contributed by atoms with Crippen molar-refractivity contribution in [3.05, 3.63) is 35.9 Å². The highest BCUT2D eigenvalue weighted by atomic mass is 32.2. The van der Waals surface area contributed by atoms with Crippen LogP contribution in [0.3, 0.4) is 0 Å². The topological polar surface area (TPSA) is 86.7 Å². The molecule has 0 saturated heterocycles. The molecule has 0 aromatic heterocycles. The van der Waals surface area contributed by atoms with Gasteiger partial charge in [-0.2, -0.15) is 11.8 Å². The van der Waals surface area contributed by atoms with Crippen molar-refractivity contribution in [2.45, 2.75) is 25.8 Å². The molecule has 0 aliphatic rings. The van der Waals surface area contributed by atoms with Gasteiger partial charge in [-0.1, -0.05) is 25.1 Å². The molecule has 1 rings (SSSR count). The minimum atomic E-state index is -1.06. The van der Waals surface area contributed by atoms with Crippen molar-refractivity contribution in [3.63, 3.8) is 0 Å². The largest absolute Gasteiger partial charge is 0.480 e. The summed E-state index contributed by atoms with van der Waals surface area (Å²) in [5.41, 5.74) is 0.472. The van der Waals surface area contributed by atoms with Crippen LogP contribution >= 0.6 is 11.8 Å². The van der Waals surface area contributed by atoms with Gasteiger partial charge in [-0.3, -0.25) is 14.4 Å². The zero-order valence-electron chi connectivity index (χ0n) is 14.0. The van der Waals surface area contributed by atoms with Crippen molar-refractivity contribution in [1.82, 2.24) is 10.2 Å². The van der Waals surface area contributed by atoms with Crippen molar-refractivity contribution in [1.29, 1.82) is 0 Å². The summed E-state index contributed by atoms with van der Waals surface area (Å²) >= 11 is 1.57. The maximum Gasteiger partial charge on any atom is 0.323 e. The molecule has 0 heterocycles. The second-order valence-electron chi connectivity index (χ2n) is 5.33. The van der Waals surface area contributed by atoms with Crippen LogP contribution in [0.1, 0.15) is 30.1 Å². The quantitative estimate of drug-likeness (QED) is 0.671. The molecule has 0 aliphatic carbocycles. The van der Waals surface area contributed by atoms with Gasteiger partial charge in [0.05, 0.1) is 0 Å². The fraction of sp³-hybridized carbons (Fsp3) is 0.471. The monoisotopic (exact) mass is 352 g/mol. The molecule has 0 fully saturated rings. The summed E-state index contributed by atoms with van der Waals surface area (Å²) in [5.74, 6) is -1.05. The molecule has 1 atom stereocenters. The summed E-state index contributed by atoms with van der Waals surface area (Å²) in [6.45, 7) is 1.87. The van der Waals surface area contributed by atoms with Crippen LogP contribution in [-0.2, 0) is 9.59 Å². The normalized spacial score (nSPS) is 11.6. The van der Waals surface area contributed by atoms with Crippen LogP contribution in [0.25, 0.3) is 0 Å². The highest BCUT2D eigenvalue weighted by Crippen LogP contribution is 2.08. The lowest BCUT2D eigenvalue weighted by Crippen LogP contribution is -2.50. The van der Waals surface area contributed by atoms with Gasteiger partial charge in [0.15, 0.2) is 0 Å². The Bertz CT molecular complexity index is 551. The Balaban J connectivity index is 2.87. The SMILES string of the molecule is CCCN(CC(=O)O)C(=O)C(CCSC)NC(=O)c1ccccc1. The average Bonchev–Trinajstić information content (AvgIpc) is 2.57.